The number of methoxy groups -OCH3 is 1. The highest BCUT2D eigenvalue weighted by Crippen LogP contribution is 2.44. The van der Waals surface area contributed by atoms with Crippen molar-refractivity contribution < 1.29 is 19.4 Å². The van der Waals surface area contributed by atoms with Crippen LogP contribution < -0.4 is 15.0 Å². The van der Waals surface area contributed by atoms with E-state index >= 15 is 0 Å². The number of aromatic nitrogens is 3. The van der Waals surface area contributed by atoms with E-state index in [1.54, 1.807) is 18.4 Å². The first-order chi connectivity index (χ1) is 21.4. The van der Waals surface area contributed by atoms with E-state index in [0.717, 1.165) is 84.8 Å². The van der Waals surface area contributed by atoms with Crippen molar-refractivity contribution in [2.45, 2.75) is 83.0 Å². The van der Waals surface area contributed by atoms with Crippen LogP contribution in [-0.4, -0.2) is 52.3 Å². The highest BCUT2D eigenvalue weighted by molar-refractivity contribution is 7.15. The van der Waals surface area contributed by atoms with E-state index in [2.05, 4.69) is 22.4 Å². The second-order valence-corrected chi connectivity index (χ2v) is 13.9. The Hall–Kier alpha value is -3.53. The van der Waals surface area contributed by atoms with E-state index in [1.807, 2.05) is 36.4 Å². The Labute approximate surface area is 263 Å². The summed E-state index contributed by atoms with van der Waals surface area (Å²) in [6.07, 6.45) is 12.7. The van der Waals surface area contributed by atoms with Gasteiger partial charge in [-0.2, -0.15) is 0 Å². The summed E-state index contributed by atoms with van der Waals surface area (Å²) in [4.78, 5) is 42.5. The Morgan fingerprint density at radius 2 is 1.70 bits per heavy atom. The molecule has 0 atom stereocenters. The molecule has 0 spiro atoms. The van der Waals surface area contributed by atoms with Gasteiger partial charge in [-0.3, -0.25) is 14.7 Å². The Kier molecular flexibility index (Phi) is 9.44. The van der Waals surface area contributed by atoms with Crippen LogP contribution in [0.5, 0.6) is 5.75 Å². The zero-order valence-electron chi connectivity index (χ0n) is 25.7. The third-order valence-electron chi connectivity index (χ3n) is 9.75. The number of carbonyl (C=O) groups excluding carboxylic acids is 1. The molecule has 2 amide bonds. The smallest absolute Gasteiger partial charge is 0.404 e. The van der Waals surface area contributed by atoms with E-state index in [-0.39, 0.29) is 17.7 Å². The summed E-state index contributed by atoms with van der Waals surface area (Å²) >= 11 is 1.75. The SMILES string of the molecule is COc1ccc([C@H]2CC[C@H](CN(c3cc(-c4cnc(C5CC5)s4)ccn3)C(=O)[C@H]3CC[C@H](CNC(=O)O)CC3)CC2)nc1C. The number of amides is 2. The van der Waals surface area contributed by atoms with Crippen LogP contribution in [0, 0.1) is 24.7 Å². The van der Waals surface area contributed by atoms with Crippen molar-refractivity contribution in [1.29, 1.82) is 0 Å². The summed E-state index contributed by atoms with van der Waals surface area (Å²) < 4.78 is 5.41. The zero-order valence-corrected chi connectivity index (χ0v) is 26.5. The predicted molar refractivity (Wildman–Crippen MR) is 171 cm³/mol. The topological polar surface area (TPSA) is 118 Å². The number of hydrogen-bond acceptors (Lipinski definition) is 7. The van der Waals surface area contributed by atoms with Crippen molar-refractivity contribution in [1.82, 2.24) is 20.3 Å². The number of carboxylic acid groups (broad SMARTS) is 1. The van der Waals surface area contributed by atoms with Crippen molar-refractivity contribution in [3.8, 4) is 16.2 Å². The number of ether oxygens (including phenoxy) is 1. The second kappa shape index (κ2) is 13.6. The van der Waals surface area contributed by atoms with Gasteiger partial charge in [0.25, 0.3) is 0 Å². The first kappa shape index (κ1) is 30.5. The first-order valence-electron chi connectivity index (χ1n) is 16.1. The summed E-state index contributed by atoms with van der Waals surface area (Å²) in [6, 6.07) is 8.21. The average Bonchev–Trinajstić information content (AvgIpc) is 3.78. The standard InChI is InChI=1S/C34H43N5O4S/c1-21-29(43-2)14-13-28(38-21)24-7-5-23(6-8-24)20-39(33(40)26-9-3-22(4-10-26)18-37-34(41)42)31-17-27(15-16-35-31)30-19-36-32(44-30)25-11-12-25/h13-17,19,22-26,37H,3-12,18,20H2,1-2H3,(H,41,42)/t22-,23-,24-,26-. The third-order valence-corrected chi connectivity index (χ3v) is 11.0. The van der Waals surface area contributed by atoms with Gasteiger partial charge in [0.05, 0.1) is 22.7 Å². The van der Waals surface area contributed by atoms with Crippen LogP contribution in [0.1, 0.15) is 92.4 Å². The minimum absolute atomic E-state index is 0.0748. The molecule has 0 aromatic carbocycles. The number of rotatable bonds is 10. The quantitative estimate of drug-likeness (QED) is 0.248. The van der Waals surface area contributed by atoms with Gasteiger partial charge in [0.2, 0.25) is 5.91 Å². The number of hydrogen-bond donors (Lipinski definition) is 2. The molecule has 3 aromatic heterocycles. The van der Waals surface area contributed by atoms with Crippen molar-refractivity contribution in [2.24, 2.45) is 17.8 Å². The van der Waals surface area contributed by atoms with Gasteiger partial charge < -0.3 is 15.2 Å². The lowest BCUT2D eigenvalue weighted by atomic mass is 9.79. The largest absolute Gasteiger partial charge is 0.495 e. The Balaban J connectivity index is 1.17. The minimum atomic E-state index is -0.988. The van der Waals surface area contributed by atoms with Gasteiger partial charge in [-0.1, -0.05) is 0 Å². The summed E-state index contributed by atoms with van der Waals surface area (Å²) in [5.74, 6) is 3.32. The highest BCUT2D eigenvalue weighted by atomic mass is 32.1. The molecule has 3 heterocycles. The maximum Gasteiger partial charge on any atom is 0.404 e. The molecule has 0 bridgehead atoms. The maximum atomic E-state index is 14.2. The fourth-order valence-corrected chi connectivity index (χ4v) is 8.01. The van der Waals surface area contributed by atoms with Gasteiger partial charge in [-0.25, -0.2) is 14.8 Å². The fourth-order valence-electron chi connectivity index (χ4n) is 6.93. The normalized spacial score (nSPS) is 23.6. The van der Waals surface area contributed by atoms with Crippen LogP contribution in [0.3, 0.4) is 0 Å². The van der Waals surface area contributed by atoms with Gasteiger partial charge in [0, 0.05) is 48.9 Å². The molecule has 234 valence electrons. The molecule has 3 aliphatic rings. The molecule has 3 saturated carbocycles. The average molecular weight is 618 g/mol. The molecule has 9 nitrogen and oxygen atoms in total. The fraction of sp³-hybridized carbons (Fsp3) is 0.559. The predicted octanol–water partition coefficient (Wildman–Crippen LogP) is 7.18. The molecule has 0 saturated heterocycles. The molecule has 0 unspecified atom stereocenters. The van der Waals surface area contributed by atoms with Gasteiger partial charge in [-0.05, 0) is 113 Å². The van der Waals surface area contributed by atoms with E-state index in [0.29, 0.717) is 30.8 Å². The lowest BCUT2D eigenvalue weighted by Crippen LogP contribution is -2.42. The van der Waals surface area contributed by atoms with E-state index in [1.165, 1.54) is 17.8 Å². The molecule has 10 heteroatoms. The monoisotopic (exact) mass is 617 g/mol. The maximum absolute atomic E-state index is 14.2. The minimum Gasteiger partial charge on any atom is -0.495 e. The lowest BCUT2D eigenvalue weighted by Gasteiger charge is -2.35. The summed E-state index contributed by atoms with van der Waals surface area (Å²) in [7, 11) is 1.68. The second-order valence-electron chi connectivity index (χ2n) is 12.8. The molecular weight excluding hydrogens is 574 g/mol. The number of aryl methyl sites for hydroxylation is 1. The molecule has 0 aliphatic heterocycles. The lowest BCUT2D eigenvalue weighted by molar-refractivity contribution is -0.123. The molecule has 44 heavy (non-hydrogen) atoms. The van der Waals surface area contributed by atoms with Gasteiger partial charge in [0.1, 0.15) is 11.6 Å². The Morgan fingerprint density at radius 3 is 2.39 bits per heavy atom. The highest BCUT2D eigenvalue weighted by Gasteiger charge is 2.34. The van der Waals surface area contributed by atoms with Crippen molar-refractivity contribution in [3.05, 3.63) is 53.1 Å². The molecule has 0 radical (unpaired) electrons. The van der Waals surface area contributed by atoms with E-state index < -0.39 is 6.09 Å². The molecule has 3 aliphatic carbocycles. The molecule has 2 N–H and O–H groups in total. The number of nitrogens with zero attached hydrogens (tertiary/aromatic N) is 4. The molecule has 6 rings (SSSR count). The first-order valence-corrected chi connectivity index (χ1v) is 16.9. The number of thiazole rings is 1. The van der Waals surface area contributed by atoms with Gasteiger partial charge >= 0.3 is 6.09 Å². The van der Waals surface area contributed by atoms with Crippen LogP contribution in [0.4, 0.5) is 10.6 Å². The number of carbonyl (C=O) groups is 2. The van der Waals surface area contributed by atoms with Crippen LogP contribution >= 0.6 is 11.3 Å². The third kappa shape index (κ3) is 7.22. The van der Waals surface area contributed by atoms with E-state index in [4.69, 9.17) is 19.8 Å². The van der Waals surface area contributed by atoms with Crippen molar-refractivity contribution >= 4 is 29.2 Å². The Morgan fingerprint density at radius 1 is 0.977 bits per heavy atom. The van der Waals surface area contributed by atoms with Gasteiger partial charge in [-0.15, -0.1) is 11.3 Å². The zero-order chi connectivity index (χ0) is 30.6. The number of pyridine rings is 2. The van der Waals surface area contributed by atoms with Crippen LogP contribution in [0.2, 0.25) is 0 Å². The summed E-state index contributed by atoms with van der Waals surface area (Å²) in [5.41, 5.74) is 3.12. The Bertz CT molecular complexity index is 1460. The van der Waals surface area contributed by atoms with Crippen LogP contribution in [-0.2, 0) is 4.79 Å². The number of nitrogens with one attached hydrogen (secondary N) is 1. The summed E-state index contributed by atoms with van der Waals surface area (Å²) in [5, 5.41) is 12.7. The molecule has 3 fully saturated rings. The van der Waals surface area contributed by atoms with Gasteiger partial charge in [0.15, 0.2) is 0 Å². The van der Waals surface area contributed by atoms with E-state index in [9.17, 15) is 9.59 Å². The van der Waals surface area contributed by atoms with Crippen molar-refractivity contribution in [2.75, 3.05) is 25.1 Å². The molecule has 3 aromatic rings. The van der Waals surface area contributed by atoms with Crippen LogP contribution in [0.15, 0.2) is 36.7 Å². The molecular formula is C34H43N5O4S. The number of anilines is 1. The van der Waals surface area contributed by atoms with Crippen LogP contribution in [0.25, 0.3) is 10.4 Å². The van der Waals surface area contributed by atoms with Crippen molar-refractivity contribution in [3.63, 3.8) is 0 Å². The summed E-state index contributed by atoms with van der Waals surface area (Å²) in [6.45, 7) is 3.11.